The predicted octanol–water partition coefficient (Wildman–Crippen LogP) is 3.22. The first kappa shape index (κ1) is 13.3. The lowest BCUT2D eigenvalue weighted by atomic mass is 10.0. The summed E-state index contributed by atoms with van der Waals surface area (Å²) in [6, 6.07) is 6.22. The van der Waals surface area contributed by atoms with E-state index in [1.807, 2.05) is 19.1 Å². The first-order chi connectivity index (χ1) is 8.60. The van der Waals surface area contributed by atoms with Crippen molar-refractivity contribution in [1.82, 2.24) is 4.98 Å². The summed E-state index contributed by atoms with van der Waals surface area (Å²) >= 11 is 1.71. The first-order valence-electron chi connectivity index (χ1n) is 6.38. The Bertz CT molecular complexity index is 521. The van der Waals surface area contributed by atoms with Gasteiger partial charge in [-0.3, -0.25) is 0 Å². The van der Waals surface area contributed by atoms with Gasteiger partial charge in [0.1, 0.15) is 5.75 Å². The zero-order chi connectivity index (χ0) is 13.1. The minimum absolute atomic E-state index is 0.178. The fourth-order valence-electron chi connectivity index (χ4n) is 1.73. The summed E-state index contributed by atoms with van der Waals surface area (Å²) in [7, 11) is 0. The normalized spacial score (nSPS) is 13.2. The standard InChI is InChI=1S/C14H20N2OS/c1-4-17-10-5-6-12-13(7-10)18-14(16-12)8-11(15)9(2)3/h5-7,9,11H,4,8,15H2,1-3H3. The van der Waals surface area contributed by atoms with E-state index in [4.69, 9.17) is 10.5 Å². The molecule has 0 aliphatic carbocycles. The zero-order valence-corrected chi connectivity index (χ0v) is 12.0. The Kier molecular flexibility index (Phi) is 4.19. The van der Waals surface area contributed by atoms with Gasteiger partial charge in [-0.15, -0.1) is 11.3 Å². The summed E-state index contributed by atoms with van der Waals surface area (Å²) in [6.07, 6.45) is 0.848. The van der Waals surface area contributed by atoms with Gasteiger partial charge in [0.15, 0.2) is 0 Å². The Morgan fingerprint density at radius 2 is 2.17 bits per heavy atom. The summed E-state index contributed by atoms with van der Waals surface area (Å²) in [5, 5.41) is 1.11. The van der Waals surface area contributed by atoms with Crippen LogP contribution in [0.3, 0.4) is 0 Å². The SMILES string of the molecule is CCOc1ccc2nc(CC(N)C(C)C)sc2c1. The van der Waals surface area contributed by atoms with Crippen LogP contribution >= 0.6 is 11.3 Å². The van der Waals surface area contributed by atoms with Gasteiger partial charge in [-0.1, -0.05) is 13.8 Å². The maximum atomic E-state index is 6.09. The molecule has 18 heavy (non-hydrogen) atoms. The third kappa shape index (κ3) is 3.00. The van der Waals surface area contributed by atoms with Crippen molar-refractivity contribution in [2.45, 2.75) is 33.2 Å². The van der Waals surface area contributed by atoms with Gasteiger partial charge in [-0.05, 0) is 31.0 Å². The molecule has 0 bridgehead atoms. The average molecular weight is 264 g/mol. The fraction of sp³-hybridized carbons (Fsp3) is 0.500. The van der Waals surface area contributed by atoms with Crippen LogP contribution in [0.25, 0.3) is 10.2 Å². The topological polar surface area (TPSA) is 48.1 Å². The van der Waals surface area contributed by atoms with Crippen molar-refractivity contribution < 1.29 is 4.74 Å². The van der Waals surface area contributed by atoms with Gasteiger partial charge >= 0.3 is 0 Å². The zero-order valence-electron chi connectivity index (χ0n) is 11.1. The van der Waals surface area contributed by atoms with Crippen molar-refractivity contribution in [2.75, 3.05) is 6.61 Å². The first-order valence-corrected chi connectivity index (χ1v) is 7.19. The molecule has 98 valence electrons. The lowest BCUT2D eigenvalue weighted by Crippen LogP contribution is -2.28. The van der Waals surface area contributed by atoms with Crippen LogP contribution in [-0.2, 0) is 6.42 Å². The number of hydrogen-bond donors (Lipinski definition) is 1. The van der Waals surface area contributed by atoms with Crippen LogP contribution in [0, 0.1) is 5.92 Å². The number of hydrogen-bond acceptors (Lipinski definition) is 4. The van der Waals surface area contributed by atoms with Crippen molar-refractivity contribution in [3.63, 3.8) is 0 Å². The molecule has 0 spiro atoms. The number of aromatic nitrogens is 1. The highest BCUT2D eigenvalue weighted by Crippen LogP contribution is 2.27. The van der Waals surface area contributed by atoms with E-state index >= 15 is 0 Å². The van der Waals surface area contributed by atoms with Gasteiger partial charge in [0, 0.05) is 12.5 Å². The number of benzene rings is 1. The largest absolute Gasteiger partial charge is 0.494 e. The molecule has 2 rings (SSSR count). The molecule has 1 heterocycles. The van der Waals surface area contributed by atoms with Crippen molar-refractivity contribution >= 4 is 21.6 Å². The van der Waals surface area contributed by atoms with Gasteiger partial charge in [-0.25, -0.2) is 4.98 Å². The van der Waals surface area contributed by atoms with Crippen LogP contribution in [0.15, 0.2) is 18.2 Å². The monoisotopic (exact) mass is 264 g/mol. The molecule has 0 amide bonds. The van der Waals surface area contributed by atoms with E-state index in [1.54, 1.807) is 11.3 Å². The molecule has 0 aliphatic rings. The highest BCUT2D eigenvalue weighted by atomic mass is 32.1. The maximum Gasteiger partial charge on any atom is 0.120 e. The number of nitrogens with two attached hydrogens (primary N) is 1. The summed E-state index contributed by atoms with van der Waals surface area (Å²) in [5.41, 5.74) is 7.13. The maximum absolute atomic E-state index is 6.09. The molecule has 0 aliphatic heterocycles. The van der Waals surface area contributed by atoms with E-state index in [0.29, 0.717) is 12.5 Å². The molecule has 3 nitrogen and oxygen atoms in total. The fourth-order valence-corrected chi connectivity index (χ4v) is 2.80. The molecule has 1 aromatic carbocycles. The lowest BCUT2D eigenvalue weighted by Gasteiger charge is -2.12. The lowest BCUT2D eigenvalue weighted by molar-refractivity contribution is 0.341. The third-order valence-corrected chi connectivity index (χ3v) is 4.02. The summed E-state index contributed by atoms with van der Waals surface area (Å²) in [5.74, 6) is 1.39. The second kappa shape index (κ2) is 5.67. The Morgan fingerprint density at radius 3 is 2.83 bits per heavy atom. The van der Waals surface area contributed by atoms with E-state index < -0.39 is 0 Å². The minimum Gasteiger partial charge on any atom is -0.494 e. The second-order valence-corrected chi connectivity index (χ2v) is 5.90. The molecule has 2 aromatic rings. The Labute approximate surface area is 112 Å². The van der Waals surface area contributed by atoms with E-state index in [9.17, 15) is 0 Å². The number of ether oxygens (including phenoxy) is 1. The molecular weight excluding hydrogens is 244 g/mol. The summed E-state index contributed by atoms with van der Waals surface area (Å²) in [4.78, 5) is 4.62. The smallest absolute Gasteiger partial charge is 0.120 e. The van der Waals surface area contributed by atoms with Crippen LogP contribution in [0.5, 0.6) is 5.75 Å². The number of rotatable bonds is 5. The van der Waals surface area contributed by atoms with Crippen LogP contribution in [0.2, 0.25) is 0 Å². The van der Waals surface area contributed by atoms with E-state index in [0.717, 1.165) is 22.7 Å². The number of thiazole rings is 1. The van der Waals surface area contributed by atoms with Gasteiger partial charge in [0.2, 0.25) is 0 Å². The van der Waals surface area contributed by atoms with Crippen LogP contribution in [0.4, 0.5) is 0 Å². The Morgan fingerprint density at radius 1 is 1.39 bits per heavy atom. The van der Waals surface area contributed by atoms with Gasteiger partial charge in [0.25, 0.3) is 0 Å². The van der Waals surface area contributed by atoms with Gasteiger partial charge < -0.3 is 10.5 Å². The van der Waals surface area contributed by atoms with E-state index in [-0.39, 0.29) is 6.04 Å². The summed E-state index contributed by atoms with van der Waals surface area (Å²) < 4.78 is 6.67. The van der Waals surface area contributed by atoms with Gasteiger partial charge in [0.05, 0.1) is 21.8 Å². The Balaban J connectivity index is 2.21. The van der Waals surface area contributed by atoms with Crippen molar-refractivity contribution in [2.24, 2.45) is 11.7 Å². The van der Waals surface area contributed by atoms with Gasteiger partial charge in [-0.2, -0.15) is 0 Å². The molecule has 0 radical (unpaired) electrons. The molecule has 1 atom stereocenters. The molecule has 4 heteroatoms. The van der Waals surface area contributed by atoms with Crippen molar-refractivity contribution in [3.8, 4) is 5.75 Å². The molecular formula is C14H20N2OS. The van der Waals surface area contributed by atoms with E-state index in [2.05, 4.69) is 24.9 Å². The molecule has 1 aromatic heterocycles. The van der Waals surface area contributed by atoms with E-state index in [1.165, 1.54) is 4.70 Å². The quantitative estimate of drug-likeness (QED) is 0.902. The summed E-state index contributed by atoms with van der Waals surface area (Å²) in [6.45, 7) is 6.97. The second-order valence-electron chi connectivity index (χ2n) is 4.78. The third-order valence-electron chi connectivity index (χ3n) is 2.98. The van der Waals surface area contributed by atoms with Crippen molar-refractivity contribution in [1.29, 1.82) is 0 Å². The minimum atomic E-state index is 0.178. The molecule has 0 saturated carbocycles. The van der Waals surface area contributed by atoms with Crippen LogP contribution < -0.4 is 10.5 Å². The highest BCUT2D eigenvalue weighted by molar-refractivity contribution is 7.18. The highest BCUT2D eigenvalue weighted by Gasteiger charge is 2.12. The van der Waals surface area contributed by atoms with Crippen molar-refractivity contribution in [3.05, 3.63) is 23.2 Å². The molecule has 0 fully saturated rings. The average Bonchev–Trinajstić information content (AvgIpc) is 2.70. The molecule has 1 unspecified atom stereocenters. The molecule has 0 saturated heterocycles. The van der Waals surface area contributed by atoms with Crippen LogP contribution in [-0.4, -0.2) is 17.6 Å². The Hall–Kier alpha value is -1.13. The van der Waals surface area contributed by atoms with Crippen LogP contribution in [0.1, 0.15) is 25.8 Å². The number of fused-ring (bicyclic) bond motifs is 1. The number of nitrogens with zero attached hydrogens (tertiary/aromatic N) is 1. The molecule has 2 N–H and O–H groups in total. The predicted molar refractivity (Wildman–Crippen MR) is 77.3 cm³/mol.